The SMILES string of the molecule is c1ccc(-c2ccc(-n3c4ccccc4c4c5c6ccccc6c6c(c7ccccc7n6-c6nc(-c7ccccc7)c7ccccc7n6)c5c5ccccc5c43)cc2)cc1.c1ccc(-c2nc(-n3c4ccccc4c4c5c6ccccc6c6c(c7ccccc7n6-c6ccc7ccccc7c6)c5c5ccccc5c43)nc3ccccc23)cc1. The van der Waals surface area contributed by atoms with Crippen LogP contribution >= 0.6 is 0 Å². The molecular weight excluding hydrogens is 1430 g/mol. The number of fused-ring (bicyclic) bond motifs is 33. The molecule has 0 aliphatic heterocycles. The van der Waals surface area contributed by atoms with Crippen LogP contribution in [0.15, 0.2) is 400 Å². The van der Waals surface area contributed by atoms with Crippen LogP contribution in [-0.2, 0) is 0 Å². The largest absolute Gasteiger partial charge is 0.309 e. The molecule has 6 aromatic heterocycles. The molecule has 0 aliphatic carbocycles. The molecule has 20 aromatic carbocycles. The molecule has 546 valence electrons. The van der Waals surface area contributed by atoms with Crippen LogP contribution in [-0.4, -0.2) is 38.2 Å². The van der Waals surface area contributed by atoms with Crippen LogP contribution in [0.4, 0.5) is 0 Å². The molecular formula is C110H66N8. The Morgan fingerprint density at radius 2 is 0.432 bits per heavy atom. The van der Waals surface area contributed by atoms with Crippen LogP contribution in [0.1, 0.15) is 0 Å². The van der Waals surface area contributed by atoms with Crippen molar-refractivity contribution in [2.24, 2.45) is 0 Å². The normalized spacial score (nSPS) is 12.1. The summed E-state index contributed by atoms with van der Waals surface area (Å²) in [5, 5.41) is 28.9. The van der Waals surface area contributed by atoms with E-state index in [4.69, 9.17) is 19.9 Å². The lowest BCUT2D eigenvalue weighted by Gasteiger charge is -2.17. The summed E-state index contributed by atoms with van der Waals surface area (Å²) in [7, 11) is 0. The van der Waals surface area contributed by atoms with Gasteiger partial charge >= 0.3 is 0 Å². The first-order valence-corrected chi connectivity index (χ1v) is 40.4. The topological polar surface area (TPSA) is 71.3 Å². The summed E-state index contributed by atoms with van der Waals surface area (Å²) >= 11 is 0. The molecule has 0 atom stereocenters. The predicted octanol–water partition coefficient (Wildman–Crippen LogP) is 28.7. The minimum absolute atomic E-state index is 0.657. The molecule has 0 spiro atoms. The summed E-state index contributed by atoms with van der Waals surface area (Å²) < 4.78 is 9.62. The van der Waals surface area contributed by atoms with Crippen molar-refractivity contribution < 1.29 is 0 Å². The van der Waals surface area contributed by atoms with E-state index < -0.39 is 0 Å². The maximum absolute atomic E-state index is 5.46. The molecule has 0 fully saturated rings. The Morgan fingerprint density at radius 3 is 0.822 bits per heavy atom. The quantitative estimate of drug-likeness (QED) is 0.149. The second-order valence-corrected chi connectivity index (χ2v) is 30.9. The summed E-state index contributed by atoms with van der Waals surface area (Å²) in [5.74, 6) is 1.32. The van der Waals surface area contributed by atoms with E-state index in [1.807, 2.05) is 0 Å². The summed E-state index contributed by atoms with van der Waals surface area (Å²) in [5.41, 5.74) is 19.7. The van der Waals surface area contributed by atoms with E-state index in [0.29, 0.717) is 11.9 Å². The van der Waals surface area contributed by atoms with Gasteiger partial charge in [-0.05, 0) is 104 Å². The highest BCUT2D eigenvalue weighted by Gasteiger charge is 2.30. The number of hydrogen-bond donors (Lipinski definition) is 0. The minimum Gasteiger partial charge on any atom is -0.309 e. The third kappa shape index (κ3) is 9.59. The van der Waals surface area contributed by atoms with Crippen LogP contribution in [0.3, 0.4) is 0 Å². The number of nitrogens with zero attached hydrogens (tertiary/aromatic N) is 8. The van der Waals surface area contributed by atoms with Crippen LogP contribution in [0.2, 0.25) is 0 Å². The van der Waals surface area contributed by atoms with Crippen molar-refractivity contribution in [3.8, 4) is 56.9 Å². The van der Waals surface area contributed by atoms with E-state index in [9.17, 15) is 0 Å². The molecule has 118 heavy (non-hydrogen) atoms. The zero-order chi connectivity index (χ0) is 77.2. The van der Waals surface area contributed by atoms with E-state index in [2.05, 4.69) is 419 Å². The molecule has 0 aliphatic rings. The second kappa shape index (κ2) is 25.8. The van der Waals surface area contributed by atoms with Gasteiger partial charge in [-0.3, -0.25) is 9.13 Å². The Hall–Kier alpha value is -15.9. The number of benzene rings is 20. The van der Waals surface area contributed by atoms with Crippen molar-refractivity contribution in [2.45, 2.75) is 0 Å². The lowest BCUT2D eigenvalue weighted by molar-refractivity contribution is 1.02. The highest BCUT2D eigenvalue weighted by Crippen LogP contribution is 2.54. The molecule has 8 heteroatoms. The molecule has 26 aromatic rings. The van der Waals surface area contributed by atoms with E-state index in [-0.39, 0.29) is 0 Å². The zero-order valence-corrected chi connectivity index (χ0v) is 63.7. The fourth-order valence-corrected chi connectivity index (χ4v) is 19.9. The number of rotatable bonds is 7. The van der Waals surface area contributed by atoms with Gasteiger partial charge in [0, 0.05) is 119 Å². The van der Waals surface area contributed by atoms with E-state index in [0.717, 1.165) is 83.1 Å². The van der Waals surface area contributed by atoms with Crippen molar-refractivity contribution in [2.75, 3.05) is 0 Å². The van der Waals surface area contributed by atoms with Gasteiger partial charge < -0.3 is 9.13 Å². The number of para-hydroxylation sites is 6. The second-order valence-electron chi connectivity index (χ2n) is 30.9. The Kier molecular flexibility index (Phi) is 14.4. The fraction of sp³-hybridized carbons (Fsp3) is 0. The van der Waals surface area contributed by atoms with Gasteiger partial charge in [-0.1, -0.05) is 340 Å². The highest BCUT2D eigenvalue weighted by molar-refractivity contribution is 6.47. The smallest absolute Gasteiger partial charge is 0.235 e. The van der Waals surface area contributed by atoms with Crippen LogP contribution in [0, 0.1) is 0 Å². The zero-order valence-electron chi connectivity index (χ0n) is 63.7. The molecule has 0 amide bonds. The molecule has 8 nitrogen and oxygen atoms in total. The average Bonchev–Trinajstić information content (AvgIpc) is 1.50. The van der Waals surface area contributed by atoms with Crippen LogP contribution in [0.25, 0.3) is 241 Å². The Morgan fingerprint density at radius 1 is 0.161 bits per heavy atom. The van der Waals surface area contributed by atoms with E-state index in [1.165, 1.54) is 146 Å². The van der Waals surface area contributed by atoms with Crippen LogP contribution < -0.4 is 0 Å². The maximum Gasteiger partial charge on any atom is 0.235 e. The summed E-state index contributed by atoms with van der Waals surface area (Å²) in [6.45, 7) is 0. The van der Waals surface area contributed by atoms with E-state index >= 15 is 0 Å². The minimum atomic E-state index is 0.657. The van der Waals surface area contributed by atoms with Crippen molar-refractivity contribution in [1.82, 2.24) is 38.2 Å². The molecule has 0 radical (unpaired) electrons. The highest BCUT2D eigenvalue weighted by atomic mass is 15.2. The van der Waals surface area contributed by atoms with Gasteiger partial charge in [-0.25, -0.2) is 19.9 Å². The Bertz CT molecular complexity index is 8740. The van der Waals surface area contributed by atoms with Crippen molar-refractivity contribution in [3.05, 3.63) is 400 Å². The lowest BCUT2D eigenvalue weighted by atomic mass is 9.89. The molecule has 26 rings (SSSR count). The molecule has 0 N–H and O–H groups in total. The van der Waals surface area contributed by atoms with Gasteiger partial charge in [0.15, 0.2) is 0 Å². The number of hydrogen-bond acceptors (Lipinski definition) is 4. The van der Waals surface area contributed by atoms with Gasteiger partial charge in [0.2, 0.25) is 11.9 Å². The first-order chi connectivity index (χ1) is 58.6. The standard InChI is InChI=1S/C56H34N4.C54H32N4/c1-3-17-35(18-4-1)36-31-33-38(34-32-36)59-47-29-15-12-26-44(47)51-49-40-22-8-10-24-42(40)55-52(50(49)39-21-7-9-23-41(39)54(51)59)45-27-13-16-30-48(45)60(55)56-57-46-28-14-11-25-43(46)53(58-56)37-19-5-2-6-20-37;1-2-17-34(18-3-1)51-41-24-10-13-27-44(41)55-54(56-51)58-46-29-15-12-26-43(46)50-48-37-20-6-8-22-39(37)52-49(47(48)38-21-7-9-23-40(38)53(50)58)42-25-11-14-28-45(42)57(52)36-31-30-33-16-4-5-19-35(33)32-36/h1-34H;1-32H. The Labute approximate surface area is 675 Å². The molecule has 6 heterocycles. The third-order valence-electron chi connectivity index (χ3n) is 24.7. The third-order valence-corrected chi connectivity index (χ3v) is 24.7. The molecule has 0 bridgehead atoms. The molecule has 0 saturated heterocycles. The first kappa shape index (κ1) is 65.6. The van der Waals surface area contributed by atoms with Crippen molar-refractivity contribution in [1.29, 1.82) is 0 Å². The van der Waals surface area contributed by atoms with Crippen molar-refractivity contribution >= 4 is 184 Å². The summed E-state index contributed by atoms with van der Waals surface area (Å²) in [4.78, 5) is 21.6. The molecule has 0 unspecified atom stereocenters. The Balaban J connectivity index is 0.000000132. The summed E-state index contributed by atoms with van der Waals surface area (Å²) in [6.07, 6.45) is 0. The summed E-state index contributed by atoms with van der Waals surface area (Å²) in [6, 6.07) is 144. The van der Waals surface area contributed by atoms with E-state index in [1.54, 1.807) is 0 Å². The molecule has 0 saturated carbocycles. The maximum atomic E-state index is 5.46. The van der Waals surface area contributed by atoms with Crippen LogP contribution in [0.5, 0.6) is 0 Å². The van der Waals surface area contributed by atoms with Crippen molar-refractivity contribution in [3.63, 3.8) is 0 Å². The van der Waals surface area contributed by atoms with Gasteiger partial charge in [0.25, 0.3) is 0 Å². The lowest BCUT2D eigenvalue weighted by Crippen LogP contribution is -2.04. The van der Waals surface area contributed by atoms with Gasteiger partial charge in [0.05, 0.1) is 66.6 Å². The van der Waals surface area contributed by atoms with Gasteiger partial charge in [-0.15, -0.1) is 0 Å². The van der Waals surface area contributed by atoms with Gasteiger partial charge in [-0.2, -0.15) is 0 Å². The average molecular weight is 1500 g/mol. The fourth-order valence-electron chi connectivity index (χ4n) is 19.9. The van der Waals surface area contributed by atoms with Gasteiger partial charge in [0.1, 0.15) is 0 Å². The predicted molar refractivity (Wildman–Crippen MR) is 495 cm³/mol. The number of aromatic nitrogens is 8. The first-order valence-electron chi connectivity index (χ1n) is 40.4. The monoisotopic (exact) mass is 1500 g/mol.